The Morgan fingerprint density at radius 1 is 1.26 bits per heavy atom. The number of carbonyl (C=O) groups excluding carboxylic acids is 1. The van der Waals surface area contributed by atoms with E-state index < -0.39 is 29.8 Å². The van der Waals surface area contributed by atoms with Crippen LogP contribution < -0.4 is 11.0 Å². The van der Waals surface area contributed by atoms with E-state index in [-0.39, 0.29) is 23.9 Å². The molecule has 4 atom stereocenters. The third-order valence-corrected chi connectivity index (χ3v) is 8.97. The standard InChI is InChI=1S/C30H32FN7O5/c1-30(41)9-10-43-21-12-17(11-19(21)33-28(39)42-4)38-25-20(37(3)29(38)40)13-32-27-23(25)22(15-5-7-16(30)8-6-15)24(34-27)18-14-36(2)35-26(18)31/h5-8,13-14,17,19,21,41H,9-12H2,1-4H3,(H,32,34)(H,33,39)/t17-,19-,21+,30?/m0/s1. The topological polar surface area (TPSA) is 141 Å². The van der Waals surface area contributed by atoms with Gasteiger partial charge in [0.2, 0.25) is 5.95 Å². The lowest BCUT2D eigenvalue weighted by atomic mass is 9.90. The lowest BCUT2D eigenvalue weighted by Crippen LogP contribution is -2.41. The Labute approximate surface area is 245 Å². The van der Waals surface area contributed by atoms with Crippen molar-refractivity contribution in [3.63, 3.8) is 0 Å². The molecule has 1 unspecified atom stereocenters. The number of hydrogen-bond acceptors (Lipinski definition) is 7. The normalized spacial score (nSPS) is 23.6. The van der Waals surface area contributed by atoms with E-state index in [1.807, 2.05) is 24.3 Å². The van der Waals surface area contributed by atoms with E-state index in [0.29, 0.717) is 58.2 Å². The highest BCUT2D eigenvalue weighted by molar-refractivity contribution is 6.14. The zero-order valence-electron chi connectivity index (χ0n) is 24.2. The summed E-state index contributed by atoms with van der Waals surface area (Å²) in [6.45, 7) is 1.96. The Hall–Kier alpha value is -4.49. The number of alkyl carbamates (subject to hydrolysis) is 1. The maximum absolute atomic E-state index is 15.2. The summed E-state index contributed by atoms with van der Waals surface area (Å²) in [5.74, 6) is -0.644. The van der Waals surface area contributed by atoms with Crippen LogP contribution >= 0.6 is 0 Å². The first-order valence-corrected chi connectivity index (χ1v) is 14.2. The molecule has 4 aromatic heterocycles. The van der Waals surface area contributed by atoms with Gasteiger partial charge in [-0.25, -0.2) is 14.6 Å². The van der Waals surface area contributed by atoms with Gasteiger partial charge in [-0.15, -0.1) is 5.10 Å². The number of amides is 1. The number of benzene rings is 1. The molecule has 5 aromatic rings. The number of nitrogens with one attached hydrogen (secondary N) is 2. The highest BCUT2D eigenvalue weighted by Gasteiger charge is 2.40. The predicted molar refractivity (Wildman–Crippen MR) is 156 cm³/mol. The third-order valence-electron chi connectivity index (χ3n) is 8.97. The fraction of sp³-hybridized carbons (Fsp3) is 0.400. The van der Waals surface area contributed by atoms with E-state index in [2.05, 4.69) is 20.4 Å². The summed E-state index contributed by atoms with van der Waals surface area (Å²) in [5.41, 5.74) is 3.15. The quantitative estimate of drug-likeness (QED) is 0.286. The summed E-state index contributed by atoms with van der Waals surface area (Å²) >= 11 is 0. The lowest BCUT2D eigenvalue weighted by molar-refractivity contribution is -0.0192. The van der Waals surface area contributed by atoms with Crippen molar-refractivity contribution in [2.75, 3.05) is 13.7 Å². The zero-order valence-corrected chi connectivity index (χ0v) is 24.2. The number of fused-ring (bicyclic) bond motifs is 5. The van der Waals surface area contributed by atoms with Crippen LogP contribution in [0.3, 0.4) is 0 Å². The first-order chi connectivity index (χ1) is 20.6. The highest BCUT2D eigenvalue weighted by Crippen LogP contribution is 2.44. The molecule has 1 amide bonds. The van der Waals surface area contributed by atoms with Gasteiger partial charge in [-0.05, 0) is 30.9 Å². The van der Waals surface area contributed by atoms with Crippen molar-refractivity contribution in [3.05, 3.63) is 58.7 Å². The number of methoxy groups -OCH3 is 1. The van der Waals surface area contributed by atoms with Crippen LogP contribution in [0.4, 0.5) is 9.18 Å². The Balaban J connectivity index is 1.56. The number of aromatic amines is 1. The maximum Gasteiger partial charge on any atom is 0.407 e. The summed E-state index contributed by atoms with van der Waals surface area (Å²) < 4.78 is 31.1. The van der Waals surface area contributed by atoms with Gasteiger partial charge in [0.05, 0.1) is 65.3 Å². The highest BCUT2D eigenvalue weighted by atomic mass is 19.1. The van der Waals surface area contributed by atoms with Crippen LogP contribution in [0, 0.1) is 5.95 Å². The van der Waals surface area contributed by atoms with Crippen LogP contribution in [0.25, 0.3) is 44.5 Å². The lowest BCUT2D eigenvalue weighted by Gasteiger charge is -2.26. The Bertz CT molecular complexity index is 1950. The molecule has 2 aliphatic heterocycles. The van der Waals surface area contributed by atoms with Gasteiger partial charge in [0.1, 0.15) is 5.65 Å². The molecular formula is C30H32FN7O5. The van der Waals surface area contributed by atoms with Crippen molar-refractivity contribution in [3.8, 4) is 22.4 Å². The molecule has 1 saturated carbocycles. The van der Waals surface area contributed by atoms with E-state index in [9.17, 15) is 14.7 Å². The molecule has 3 N–H and O–H groups in total. The van der Waals surface area contributed by atoms with E-state index in [0.717, 1.165) is 5.56 Å². The van der Waals surface area contributed by atoms with Crippen molar-refractivity contribution < 1.29 is 23.8 Å². The minimum atomic E-state index is -1.20. The maximum atomic E-state index is 15.2. The van der Waals surface area contributed by atoms with Crippen LogP contribution in [0.1, 0.15) is 37.8 Å². The van der Waals surface area contributed by atoms with E-state index in [4.69, 9.17) is 9.47 Å². The number of pyridine rings is 1. The Kier molecular flexibility index (Phi) is 6.22. The number of halogens is 1. The SMILES string of the molecule is COC(=O)N[C@H]1C[C@H]2C[C@H]1OCCC(C)(O)c1ccc(cc1)-c1c(-c3cn(C)nc3F)[nH]c3ncc4c(c13)n2c(=O)n4C. The number of aliphatic hydroxyl groups is 1. The second kappa shape index (κ2) is 9.78. The number of carbonyl (C=O) groups is 1. The van der Waals surface area contributed by atoms with Crippen LogP contribution in [-0.4, -0.2) is 65.9 Å². The third kappa shape index (κ3) is 4.25. The summed E-state index contributed by atoms with van der Waals surface area (Å²) in [4.78, 5) is 34.2. The molecule has 0 spiro atoms. The fourth-order valence-electron chi connectivity index (χ4n) is 6.72. The molecule has 3 aliphatic rings. The zero-order chi connectivity index (χ0) is 30.2. The van der Waals surface area contributed by atoms with Crippen molar-refractivity contribution in [1.82, 2.24) is 34.2 Å². The van der Waals surface area contributed by atoms with Crippen molar-refractivity contribution in [1.29, 1.82) is 0 Å². The molecule has 12 nitrogen and oxygen atoms in total. The fourth-order valence-corrected chi connectivity index (χ4v) is 6.72. The molecular weight excluding hydrogens is 557 g/mol. The van der Waals surface area contributed by atoms with Crippen molar-refractivity contribution in [2.45, 2.75) is 50.0 Å². The number of hydrogen-bond donors (Lipinski definition) is 3. The van der Waals surface area contributed by atoms with Gasteiger partial charge in [0.15, 0.2) is 0 Å². The minimum absolute atomic E-state index is 0.231. The second-order valence-electron chi connectivity index (χ2n) is 11.7. The molecule has 8 rings (SSSR count). The van der Waals surface area contributed by atoms with Crippen LogP contribution in [0.15, 0.2) is 41.5 Å². The molecule has 1 fully saturated rings. The number of rotatable bonds is 2. The molecule has 1 aromatic carbocycles. The minimum Gasteiger partial charge on any atom is -0.453 e. The van der Waals surface area contributed by atoms with Crippen LogP contribution in [0.5, 0.6) is 0 Å². The summed E-state index contributed by atoms with van der Waals surface area (Å²) in [7, 11) is 4.65. The summed E-state index contributed by atoms with van der Waals surface area (Å²) in [6, 6.07) is 6.68. The monoisotopic (exact) mass is 589 g/mol. The van der Waals surface area contributed by atoms with Gasteiger partial charge in [-0.1, -0.05) is 24.3 Å². The van der Waals surface area contributed by atoms with Gasteiger partial charge in [0.25, 0.3) is 0 Å². The van der Waals surface area contributed by atoms with E-state index in [1.54, 1.807) is 42.5 Å². The number of ether oxygens (including phenoxy) is 2. The number of aryl methyl sites for hydroxylation is 2. The average Bonchev–Trinajstić information content (AvgIpc) is 3.71. The van der Waals surface area contributed by atoms with E-state index in [1.165, 1.54) is 11.8 Å². The van der Waals surface area contributed by atoms with Crippen LogP contribution in [0.2, 0.25) is 0 Å². The predicted octanol–water partition coefficient (Wildman–Crippen LogP) is 3.48. The smallest absolute Gasteiger partial charge is 0.407 e. The van der Waals surface area contributed by atoms with Gasteiger partial charge in [-0.2, -0.15) is 4.39 Å². The number of aromatic nitrogens is 6. The van der Waals surface area contributed by atoms with Crippen molar-refractivity contribution in [2.24, 2.45) is 14.1 Å². The molecule has 1 aliphatic carbocycles. The molecule has 6 heterocycles. The first-order valence-electron chi connectivity index (χ1n) is 14.2. The van der Waals surface area contributed by atoms with Gasteiger partial charge >= 0.3 is 11.8 Å². The number of H-pyrrole nitrogens is 1. The second-order valence-corrected chi connectivity index (χ2v) is 11.7. The first kappa shape index (κ1) is 27.3. The average molecular weight is 590 g/mol. The molecule has 43 heavy (non-hydrogen) atoms. The summed E-state index contributed by atoms with van der Waals surface area (Å²) in [5, 5.41) is 18.8. The molecule has 0 radical (unpaired) electrons. The number of nitrogens with zero attached hydrogens (tertiary/aromatic N) is 5. The molecule has 13 heteroatoms. The van der Waals surface area contributed by atoms with Gasteiger partial charge in [0, 0.05) is 38.3 Å². The van der Waals surface area contributed by atoms with Crippen LogP contribution in [-0.2, 0) is 29.2 Å². The largest absolute Gasteiger partial charge is 0.453 e. The Morgan fingerprint density at radius 2 is 2.02 bits per heavy atom. The summed E-state index contributed by atoms with van der Waals surface area (Å²) in [6.07, 6.45) is 3.37. The van der Waals surface area contributed by atoms with E-state index >= 15 is 4.39 Å². The molecule has 224 valence electrons. The molecule has 0 saturated heterocycles. The Morgan fingerprint density at radius 3 is 2.72 bits per heavy atom. The van der Waals surface area contributed by atoms with Gasteiger partial charge < -0.3 is 24.9 Å². The number of imidazole rings is 1. The molecule has 4 bridgehead atoms. The van der Waals surface area contributed by atoms with Crippen molar-refractivity contribution >= 4 is 28.2 Å². The van der Waals surface area contributed by atoms with Gasteiger partial charge in [-0.3, -0.25) is 13.8 Å².